The van der Waals surface area contributed by atoms with Crippen LogP contribution in [-0.2, 0) is 11.2 Å². The van der Waals surface area contributed by atoms with Crippen LogP contribution in [0.4, 0.5) is 0 Å². The quantitative estimate of drug-likeness (QED) is 0.826. The first-order valence-corrected chi connectivity index (χ1v) is 5.77. The molecule has 18 heavy (non-hydrogen) atoms. The first kappa shape index (κ1) is 12.3. The van der Waals surface area contributed by atoms with Gasteiger partial charge < -0.3 is 4.74 Å². The van der Waals surface area contributed by atoms with Gasteiger partial charge in [-0.05, 0) is 24.1 Å². The number of rotatable bonds is 4. The van der Waals surface area contributed by atoms with Gasteiger partial charge in [-0.3, -0.25) is 9.78 Å². The molecule has 0 spiro atoms. The van der Waals surface area contributed by atoms with Crippen LogP contribution in [-0.4, -0.2) is 17.9 Å². The van der Waals surface area contributed by atoms with Gasteiger partial charge in [-0.2, -0.15) is 0 Å². The maximum absolute atomic E-state index is 11.0. The molecule has 0 aliphatic carbocycles. The number of hydrogen-bond donors (Lipinski definition) is 0. The highest BCUT2D eigenvalue weighted by Crippen LogP contribution is 2.22. The lowest BCUT2D eigenvalue weighted by atomic mass is 10.0. The van der Waals surface area contributed by atoms with E-state index in [-0.39, 0.29) is 5.78 Å². The number of pyridine rings is 1. The van der Waals surface area contributed by atoms with Gasteiger partial charge >= 0.3 is 0 Å². The second-order valence-corrected chi connectivity index (χ2v) is 4.19. The van der Waals surface area contributed by atoms with Gasteiger partial charge in [0, 0.05) is 18.2 Å². The Labute approximate surface area is 106 Å². The Kier molecular flexibility index (Phi) is 3.72. The summed E-state index contributed by atoms with van der Waals surface area (Å²) in [4.78, 5) is 15.1. The number of Topliss-reactive ketones (excluding diaryl/α,β-unsaturated/α-hetero) is 1. The highest BCUT2D eigenvalue weighted by molar-refractivity contribution is 5.78. The normalized spacial score (nSPS) is 10.1. The van der Waals surface area contributed by atoms with E-state index >= 15 is 0 Å². The van der Waals surface area contributed by atoms with Crippen LogP contribution in [0.15, 0.2) is 42.7 Å². The molecule has 3 nitrogen and oxygen atoms in total. The van der Waals surface area contributed by atoms with E-state index in [2.05, 4.69) is 4.98 Å². The Hall–Kier alpha value is -2.16. The SMILES string of the molecule is COc1cncc(-c2ccc(CC(C)=O)cc2)c1. The molecule has 0 amide bonds. The standard InChI is InChI=1S/C15H15NO2/c1-11(17)7-12-3-5-13(6-4-12)14-8-15(18-2)10-16-9-14/h3-6,8-10H,7H2,1-2H3. The fourth-order valence-electron chi connectivity index (χ4n) is 1.79. The number of carbonyl (C=O) groups excluding carboxylic acids is 1. The van der Waals surface area contributed by atoms with E-state index in [9.17, 15) is 4.79 Å². The molecular weight excluding hydrogens is 226 g/mol. The Bertz CT molecular complexity index is 547. The third-order valence-electron chi connectivity index (χ3n) is 2.69. The molecule has 0 fully saturated rings. The molecule has 3 heteroatoms. The summed E-state index contributed by atoms with van der Waals surface area (Å²) in [6.45, 7) is 1.60. The Morgan fingerprint density at radius 1 is 1.17 bits per heavy atom. The van der Waals surface area contributed by atoms with E-state index in [0.717, 1.165) is 22.4 Å². The van der Waals surface area contributed by atoms with Crippen molar-refractivity contribution in [3.8, 4) is 16.9 Å². The topological polar surface area (TPSA) is 39.2 Å². The average Bonchev–Trinajstić information content (AvgIpc) is 2.39. The van der Waals surface area contributed by atoms with Crippen molar-refractivity contribution in [2.24, 2.45) is 0 Å². The molecule has 1 aromatic heterocycles. The molecule has 92 valence electrons. The van der Waals surface area contributed by atoms with Crippen LogP contribution in [0, 0.1) is 0 Å². The van der Waals surface area contributed by atoms with Crippen LogP contribution in [0.1, 0.15) is 12.5 Å². The lowest BCUT2D eigenvalue weighted by Crippen LogP contribution is -1.95. The minimum absolute atomic E-state index is 0.172. The summed E-state index contributed by atoms with van der Waals surface area (Å²) < 4.78 is 5.15. The molecule has 0 N–H and O–H groups in total. The van der Waals surface area contributed by atoms with Crippen molar-refractivity contribution in [1.29, 1.82) is 0 Å². The lowest BCUT2D eigenvalue weighted by Gasteiger charge is -2.05. The van der Waals surface area contributed by atoms with E-state index in [4.69, 9.17) is 4.74 Å². The summed E-state index contributed by atoms with van der Waals surface area (Å²) in [6.07, 6.45) is 3.95. The van der Waals surface area contributed by atoms with Gasteiger partial charge in [-0.1, -0.05) is 24.3 Å². The largest absolute Gasteiger partial charge is 0.495 e. The molecule has 1 aromatic carbocycles. The Morgan fingerprint density at radius 3 is 2.50 bits per heavy atom. The summed E-state index contributed by atoms with van der Waals surface area (Å²) in [5.41, 5.74) is 3.10. The summed E-state index contributed by atoms with van der Waals surface area (Å²) in [5, 5.41) is 0. The van der Waals surface area contributed by atoms with E-state index in [0.29, 0.717) is 6.42 Å². The monoisotopic (exact) mass is 241 g/mol. The van der Waals surface area contributed by atoms with Crippen molar-refractivity contribution >= 4 is 5.78 Å². The van der Waals surface area contributed by atoms with Crippen LogP contribution in [0.2, 0.25) is 0 Å². The summed E-state index contributed by atoms with van der Waals surface area (Å²) >= 11 is 0. The first-order valence-electron chi connectivity index (χ1n) is 5.77. The third-order valence-corrected chi connectivity index (χ3v) is 2.69. The van der Waals surface area contributed by atoms with Gasteiger partial charge in [-0.15, -0.1) is 0 Å². The third kappa shape index (κ3) is 2.94. The Balaban J connectivity index is 2.25. The molecule has 0 unspecified atom stereocenters. The molecule has 0 radical (unpaired) electrons. The lowest BCUT2D eigenvalue weighted by molar-refractivity contribution is -0.116. The fourth-order valence-corrected chi connectivity index (χ4v) is 1.79. The molecular formula is C15H15NO2. The maximum atomic E-state index is 11.0. The van der Waals surface area contributed by atoms with E-state index in [1.165, 1.54) is 0 Å². The predicted octanol–water partition coefficient (Wildman–Crippen LogP) is 2.89. The Morgan fingerprint density at radius 2 is 1.89 bits per heavy atom. The first-order chi connectivity index (χ1) is 8.69. The van der Waals surface area contributed by atoms with Crippen LogP contribution in [0.5, 0.6) is 5.75 Å². The number of aromatic nitrogens is 1. The molecule has 0 aliphatic rings. The second-order valence-electron chi connectivity index (χ2n) is 4.19. The zero-order valence-electron chi connectivity index (χ0n) is 10.5. The maximum Gasteiger partial charge on any atom is 0.137 e. The molecule has 0 atom stereocenters. The minimum Gasteiger partial charge on any atom is -0.495 e. The number of hydrogen-bond acceptors (Lipinski definition) is 3. The van der Waals surface area contributed by atoms with Crippen molar-refractivity contribution in [3.05, 3.63) is 48.3 Å². The highest BCUT2D eigenvalue weighted by atomic mass is 16.5. The predicted molar refractivity (Wildman–Crippen MR) is 70.6 cm³/mol. The zero-order chi connectivity index (χ0) is 13.0. The number of carbonyl (C=O) groups is 1. The van der Waals surface area contributed by atoms with Crippen LogP contribution in [0.3, 0.4) is 0 Å². The molecule has 0 aliphatic heterocycles. The van der Waals surface area contributed by atoms with Crippen molar-refractivity contribution in [2.45, 2.75) is 13.3 Å². The van der Waals surface area contributed by atoms with Crippen LogP contribution in [0.25, 0.3) is 11.1 Å². The zero-order valence-corrected chi connectivity index (χ0v) is 10.5. The van der Waals surface area contributed by atoms with Gasteiger partial charge in [0.2, 0.25) is 0 Å². The number of benzene rings is 1. The van der Waals surface area contributed by atoms with Gasteiger partial charge in [0.05, 0.1) is 13.3 Å². The van der Waals surface area contributed by atoms with Crippen molar-refractivity contribution in [1.82, 2.24) is 4.98 Å². The molecule has 0 saturated carbocycles. The highest BCUT2D eigenvalue weighted by Gasteiger charge is 2.02. The number of ketones is 1. The van der Waals surface area contributed by atoms with Crippen molar-refractivity contribution < 1.29 is 9.53 Å². The molecule has 2 aromatic rings. The number of methoxy groups -OCH3 is 1. The van der Waals surface area contributed by atoms with Gasteiger partial charge in [0.15, 0.2) is 0 Å². The van der Waals surface area contributed by atoms with Gasteiger partial charge in [0.25, 0.3) is 0 Å². The average molecular weight is 241 g/mol. The van der Waals surface area contributed by atoms with E-state index < -0.39 is 0 Å². The number of nitrogens with zero attached hydrogens (tertiary/aromatic N) is 1. The minimum atomic E-state index is 0.172. The second kappa shape index (κ2) is 5.45. The van der Waals surface area contributed by atoms with Crippen molar-refractivity contribution in [3.63, 3.8) is 0 Å². The summed E-state index contributed by atoms with van der Waals surface area (Å²) in [7, 11) is 1.62. The molecule has 2 rings (SSSR count). The molecule has 0 bridgehead atoms. The van der Waals surface area contributed by atoms with Crippen molar-refractivity contribution in [2.75, 3.05) is 7.11 Å². The summed E-state index contributed by atoms with van der Waals surface area (Å²) in [6, 6.07) is 9.86. The smallest absolute Gasteiger partial charge is 0.137 e. The molecule has 0 saturated heterocycles. The van der Waals surface area contributed by atoms with Gasteiger partial charge in [-0.25, -0.2) is 0 Å². The van der Waals surface area contributed by atoms with Crippen LogP contribution < -0.4 is 4.74 Å². The summed E-state index contributed by atoms with van der Waals surface area (Å²) in [5.74, 6) is 0.908. The van der Waals surface area contributed by atoms with Crippen LogP contribution >= 0.6 is 0 Å². The van der Waals surface area contributed by atoms with E-state index in [1.807, 2.05) is 30.3 Å². The fraction of sp³-hybridized carbons (Fsp3) is 0.200. The van der Waals surface area contributed by atoms with Gasteiger partial charge in [0.1, 0.15) is 11.5 Å². The molecule has 1 heterocycles. The number of ether oxygens (including phenoxy) is 1. The van der Waals surface area contributed by atoms with E-state index in [1.54, 1.807) is 26.4 Å².